The number of amides is 1. The first kappa shape index (κ1) is 16.9. The third-order valence-corrected chi connectivity index (χ3v) is 3.47. The van der Waals surface area contributed by atoms with Gasteiger partial charge >= 0.3 is 0 Å². The molecule has 1 unspecified atom stereocenters. The fourth-order valence-electron chi connectivity index (χ4n) is 1.95. The fraction of sp³-hybridized carbons (Fsp3) is 0.316. The van der Waals surface area contributed by atoms with Crippen LogP contribution in [0.3, 0.4) is 0 Å². The van der Waals surface area contributed by atoms with Crippen LogP contribution in [0, 0.1) is 0 Å². The quantitative estimate of drug-likeness (QED) is 0.756. The molecule has 2 aromatic carbocycles. The van der Waals surface area contributed by atoms with Crippen LogP contribution in [0.5, 0.6) is 11.5 Å². The van der Waals surface area contributed by atoms with Crippen molar-refractivity contribution in [3.05, 3.63) is 60.2 Å². The number of hydrogen-bond acceptors (Lipinski definition) is 3. The minimum absolute atomic E-state index is 0.0571. The topological polar surface area (TPSA) is 47.6 Å². The van der Waals surface area contributed by atoms with E-state index in [2.05, 4.69) is 5.32 Å². The summed E-state index contributed by atoms with van der Waals surface area (Å²) in [6.45, 7) is 4.95. The molecule has 1 atom stereocenters. The molecular weight excluding hydrogens is 290 g/mol. The van der Waals surface area contributed by atoms with E-state index in [9.17, 15) is 4.79 Å². The van der Waals surface area contributed by atoms with E-state index in [1.165, 1.54) is 0 Å². The second kappa shape index (κ2) is 8.83. The van der Waals surface area contributed by atoms with Crippen molar-refractivity contribution < 1.29 is 14.3 Å². The van der Waals surface area contributed by atoms with Crippen molar-refractivity contribution in [2.75, 3.05) is 13.2 Å². The lowest BCUT2D eigenvalue weighted by Gasteiger charge is -2.12. The van der Waals surface area contributed by atoms with Crippen molar-refractivity contribution in [3.63, 3.8) is 0 Å². The Morgan fingerprint density at radius 2 is 1.52 bits per heavy atom. The zero-order chi connectivity index (χ0) is 16.5. The lowest BCUT2D eigenvalue weighted by atomic mass is 10.2. The van der Waals surface area contributed by atoms with E-state index >= 15 is 0 Å². The van der Waals surface area contributed by atoms with Gasteiger partial charge in [0.2, 0.25) is 0 Å². The summed E-state index contributed by atoms with van der Waals surface area (Å²) in [7, 11) is 0. The Kier molecular flexibility index (Phi) is 6.48. The summed E-state index contributed by atoms with van der Waals surface area (Å²) in [4.78, 5) is 12.0. The fourth-order valence-corrected chi connectivity index (χ4v) is 1.95. The van der Waals surface area contributed by atoms with Crippen molar-refractivity contribution >= 4 is 5.91 Å². The van der Waals surface area contributed by atoms with E-state index < -0.39 is 0 Å². The molecule has 122 valence electrons. The van der Waals surface area contributed by atoms with E-state index in [4.69, 9.17) is 9.47 Å². The molecule has 0 aliphatic heterocycles. The maximum absolute atomic E-state index is 12.0. The molecule has 23 heavy (non-hydrogen) atoms. The molecule has 1 amide bonds. The van der Waals surface area contributed by atoms with E-state index in [-0.39, 0.29) is 11.9 Å². The molecule has 0 spiro atoms. The average Bonchev–Trinajstić information content (AvgIpc) is 2.60. The zero-order valence-electron chi connectivity index (χ0n) is 13.6. The first-order valence-electron chi connectivity index (χ1n) is 7.90. The molecule has 4 nitrogen and oxygen atoms in total. The Labute approximate surface area is 137 Å². The predicted molar refractivity (Wildman–Crippen MR) is 91.1 cm³/mol. The number of ether oxygens (including phenoxy) is 2. The van der Waals surface area contributed by atoms with E-state index in [1.54, 1.807) is 24.3 Å². The molecule has 0 radical (unpaired) electrons. The molecule has 4 heteroatoms. The lowest BCUT2D eigenvalue weighted by molar-refractivity contribution is 0.0939. The average molecular weight is 313 g/mol. The molecule has 0 aliphatic carbocycles. The summed E-state index contributed by atoms with van der Waals surface area (Å²) in [6, 6.07) is 16.9. The largest absolute Gasteiger partial charge is 0.490 e. The lowest BCUT2D eigenvalue weighted by Crippen LogP contribution is -2.31. The Morgan fingerprint density at radius 1 is 0.957 bits per heavy atom. The van der Waals surface area contributed by atoms with Crippen LogP contribution >= 0.6 is 0 Å². The van der Waals surface area contributed by atoms with Crippen LogP contribution in [0.25, 0.3) is 0 Å². The van der Waals surface area contributed by atoms with Crippen LogP contribution in [-0.4, -0.2) is 25.2 Å². The van der Waals surface area contributed by atoms with Crippen LogP contribution in [-0.2, 0) is 0 Å². The highest BCUT2D eigenvalue weighted by atomic mass is 16.5. The first-order chi connectivity index (χ1) is 11.2. The van der Waals surface area contributed by atoms with Gasteiger partial charge in [-0.25, -0.2) is 0 Å². The number of carbonyl (C=O) groups excluding carboxylic acids is 1. The summed E-state index contributed by atoms with van der Waals surface area (Å²) in [5.41, 5.74) is 0.637. The van der Waals surface area contributed by atoms with Crippen molar-refractivity contribution in [3.8, 4) is 11.5 Å². The van der Waals surface area contributed by atoms with Gasteiger partial charge in [0.1, 0.15) is 24.7 Å². The zero-order valence-corrected chi connectivity index (χ0v) is 13.6. The Bertz CT molecular complexity index is 596. The van der Waals surface area contributed by atoms with Crippen molar-refractivity contribution in [2.24, 2.45) is 0 Å². The molecule has 0 heterocycles. The van der Waals surface area contributed by atoms with Gasteiger partial charge in [-0.15, -0.1) is 0 Å². The molecular formula is C19H23NO3. The van der Waals surface area contributed by atoms with Gasteiger partial charge in [-0.3, -0.25) is 4.79 Å². The molecule has 1 N–H and O–H groups in total. The van der Waals surface area contributed by atoms with Gasteiger partial charge in [0.15, 0.2) is 0 Å². The Morgan fingerprint density at radius 3 is 2.09 bits per heavy atom. The minimum Gasteiger partial charge on any atom is -0.490 e. The van der Waals surface area contributed by atoms with Crippen LogP contribution in [0.2, 0.25) is 0 Å². The highest BCUT2D eigenvalue weighted by Gasteiger charge is 2.08. The molecule has 2 rings (SSSR count). The third-order valence-electron chi connectivity index (χ3n) is 3.47. The number of nitrogens with one attached hydrogen (secondary N) is 1. The number of hydrogen-bond donors (Lipinski definition) is 1. The predicted octanol–water partition coefficient (Wildman–Crippen LogP) is 3.67. The maximum atomic E-state index is 12.0. The Hall–Kier alpha value is -2.49. The normalized spacial score (nSPS) is 11.6. The second-order valence-electron chi connectivity index (χ2n) is 5.32. The molecule has 0 saturated carbocycles. The summed E-state index contributed by atoms with van der Waals surface area (Å²) in [6.07, 6.45) is 0.911. The molecule has 0 saturated heterocycles. The molecule has 0 aliphatic rings. The number of benzene rings is 2. The smallest absolute Gasteiger partial charge is 0.251 e. The number of carbonyl (C=O) groups is 1. The summed E-state index contributed by atoms with van der Waals surface area (Å²) in [5, 5.41) is 2.94. The van der Waals surface area contributed by atoms with Gasteiger partial charge in [0, 0.05) is 11.6 Å². The van der Waals surface area contributed by atoms with Crippen LogP contribution in [0.15, 0.2) is 54.6 Å². The maximum Gasteiger partial charge on any atom is 0.251 e. The van der Waals surface area contributed by atoms with E-state index in [0.717, 1.165) is 17.9 Å². The van der Waals surface area contributed by atoms with Gasteiger partial charge in [-0.05, 0) is 49.7 Å². The van der Waals surface area contributed by atoms with Crippen LogP contribution in [0.1, 0.15) is 30.6 Å². The SMILES string of the molecule is CCC(C)NC(=O)c1ccc(OCCOc2ccccc2)cc1. The second-order valence-corrected chi connectivity index (χ2v) is 5.32. The van der Waals surface area contributed by atoms with E-state index in [0.29, 0.717) is 18.8 Å². The first-order valence-corrected chi connectivity index (χ1v) is 7.90. The molecule has 2 aromatic rings. The third kappa shape index (κ3) is 5.66. The van der Waals surface area contributed by atoms with Crippen molar-refractivity contribution in [2.45, 2.75) is 26.3 Å². The van der Waals surface area contributed by atoms with Gasteiger partial charge in [0.05, 0.1) is 0 Å². The van der Waals surface area contributed by atoms with Crippen molar-refractivity contribution in [1.29, 1.82) is 0 Å². The highest BCUT2D eigenvalue weighted by Crippen LogP contribution is 2.13. The summed E-state index contributed by atoms with van der Waals surface area (Å²) in [5.74, 6) is 1.49. The summed E-state index contributed by atoms with van der Waals surface area (Å²) < 4.78 is 11.2. The van der Waals surface area contributed by atoms with Crippen molar-refractivity contribution in [1.82, 2.24) is 5.32 Å². The van der Waals surface area contributed by atoms with Gasteiger partial charge < -0.3 is 14.8 Å². The molecule has 0 fully saturated rings. The van der Waals surface area contributed by atoms with E-state index in [1.807, 2.05) is 44.2 Å². The minimum atomic E-state index is -0.0571. The molecule has 0 aromatic heterocycles. The Balaban J connectivity index is 1.75. The van der Waals surface area contributed by atoms with Gasteiger partial charge in [-0.2, -0.15) is 0 Å². The number of para-hydroxylation sites is 1. The highest BCUT2D eigenvalue weighted by molar-refractivity contribution is 5.94. The van der Waals surface area contributed by atoms with Gasteiger partial charge in [0.25, 0.3) is 5.91 Å². The van der Waals surface area contributed by atoms with Gasteiger partial charge in [-0.1, -0.05) is 25.1 Å². The standard InChI is InChI=1S/C19H23NO3/c1-3-15(2)20-19(21)16-9-11-18(12-10-16)23-14-13-22-17-7-5-4-6-8-17/h4-12,15H,3,13-14H2,1-2H3,(H,20,21). The molecule has 0 bridgehead atoms. The van der Waals surface area contributed by atoms with Crippen LogP contribution in [0.4, 0.5) is 0 Å². The summed E-state index contributed by atoms with van der Waals surface area (Å²) >= 11 is 0. The van der Waals surface area contributed by atoms with Crippen LogP contribution < -0.4 is 14.8 Å². The monoisotopic (exact) mass is 313 g/mol. The number of rotatable bonds is 8.